The maximum Gasteiger partial charge on any atom is 0.237 e. The molecule has 100 valence electrons. The minimum absolute atomic E-state index is 0.0340. The first-order chi connectivity index (χ1) is 8.72. The summed E-state index contributed by atoms with van der Waals surface area (Å²) in [6.07, 6.45) is 3.96. The minimum atomic E-state index is -0.129. The lowest BCUT2D eigenvalue weighted by molar-refractivity contribution is -0.126. The van der Waals surface area contributed by atoms with Crippen LogP contribution in [0.3, 0.4) is 0 Å². The Balaban J connectivity index is 1.82. The molecule has 3 N–H and O–H groups in total. The number of hydrogen-bond donors (Lipinski definition) is 2. The van der Waals surface area contributed by atoms with Gasteiger partial charge in [-0.1, -0.05) is 0 Å². The smallest absolute Gasteiger partial charge is 0.237 e. The van der Waals surface area contributed by atoms with Crippen LogP contribution in [0.25, 0.3) is 0 Å². The normalized spacial score (nSPS) is 16.8. The third-order valence-corrected chi connectivity index (χ3v) is 3.30. The Bertz CT molecular complexity index is 374. The van der Waals surface area contributed by atoms with Crippen molar-refractivity contribution >= 4 is 5.91 Å². The lowest BCUT2D eigenvalue weighted by Crippen LogP contribution is -2.47. The highest BCUT2D eigenvalue weighted by molar-refractivity contribution is 5.81. The van der Waals surface area contributed by atoms with Crippen molar-refractivity contribution in [3.8, 4) is 0 Å². The molecule has 5 heteroatoms. The fourth-order valence-electron chi connectivity index (χ4n) is 2.13. The maximum atomic E-state index is 12.1. The second kappa shape index (κ2) is 6.02. The SMILES string of the molecule is CC(C(=O)NCc1ccco1)N(CCN)C1CC1. The molecule has 1 fully saturated rings. The molecule has 0 radical (unpaired) electrons. The standard InChI is InChI=1S/C13H21N3O2/c1-10(16(7-6-14)11-4-5-11)13(17)15-9-12-3-2-8-18-12/h2-3,8,10-11H,4-7,9,14H2,1H3,(H,15,17). The number of rotatable bonds is 7. The molecule has 0 saturated heterocycles. The number of hydrogen-bond acceptors (Lipinski definition) is 4. The molecular weight excluding hydrogens is 230 g/mol. The van der Waals surface area contributed by atoms with Crippen LogP contribution in [0, 0.1) is 0 Å². The molecule has 0 aromatic carbocycles. The molecule has 1 unspecified atom stereocenters. The van der Waals surface area contributed by atoms with E-state index < -0.39 is 0 Å². The Morgan fingerprint density at radius 1 is 1.67 bits per heavy atom. The summed E-state index contributed by atoms with van der Waals surface area (Å²) in [5.74, 6) is 0.805. The quantitative estimate of drug-likeness (QED) is 0.748. The van der Waals surface area contributed by atoms with Crippen LogP contribution >= 0.6 is 0 Å². The lowest BCUT2D eigenvalue weighted by atomic mass is 10.2. The molecule has 1 aromatic rings. The third-order valence-electron chi connectivity index (χ3n) is 3.30. The van der Waals surface area contributed by atoms with Crippen LogP contribution in [-0.2, 0) is 11.3 Å². The minimum Gasteiger partial charge on any atom is -0.467 e. The molecule has 1 aliphatic rings. The van der Waals surface area contributed by atoms with Gasteiger partial charge in [0.2, 0.25) is 5.91 Å². The summed E-state index contributed by atoms with van der Waals surface area (Å²) >= 11 is 0. The number of nitrogens with one attached hydrogen (secondary N) is 1. The molecule has 1 aliphatic carbocycles. The van der Waals surface area contributed by atoms with Crippen molar-refractivity contribution in [2.24, 2.45) is 5.73 Å². The van der Waals surface area contributed by atoms with E-state index in [0.717, 1.165) is 12.3 Å². The van der Waals surface area contributed by atoms with Crippen LogP contribution in [0.15, 0.2) is 22.8 Å². The number of furan rings is 1. The molecule has 0 bridgehead atoms. The molecule has 1 saturated carbocycles. The number of carbonyl (C=O) groups excluding carboxylic acids is 1. The Morgan fingerprint density at radius 3 is 3.00 bits per heavy atom. The average Bonchev–Trinajstić information content (AvgIpc) is 3.08. The Labute approximate surface area is 107 Å². The van der Waals surface area contributed by atoms with Gasteiger partial charge in [0.15, 0.2) is 0 Å². The average molecular weight is 251 g/mol. The largest absolute Gasteiger partial charge is 0.467 e. The first-order valence-electron chi connectivity index (χ1n) is 6.48. The maximum absolute atomic E-state index is 12.1. The van der Waals surface area contributed by atoms with Crippen LogP contribution in [-0.4, -0.2) is 36.0 Å². The molecule has 5 nitrogen and oxygen atoms in total. The van der Waals surface area contributed by atoms with Gasteiger partial charge in [-0.15, -0.1) is 0 Å². The molecule has 1 amide bonds. The van der Waals surface area contributed by atoms with Crippen molar-refractivity contribution in [2.75, 3.05) is 13.1 Å². The van der Waals surface area contributed by atoms with E-state index in [9.17, 15) is 4.79 Å². The second-order valence-electron chi connectivity index (χ2n) is 4.73. The van der Waals surface area contributed by atoms with Crippen molar-refractivity contribution in [1.29, 1.82) is 0 Å². The lowest BCUT2D eigenvalue weighted by Gasteiger charge is -2.27. The fraction of sp³-hybridized carbons (Fsp3) is 0.615. The summed E-state index contributed by atoms with van der Waals surface area (Å²) in [6, 6.07) is 4.08. The predicted molar refractivity (Wildman–Crippen MR) is 68.8 cm³/mol. The molecule has 1 heterocycles. The van der Waals surface area contributed by atoms with Gasteiger partial charge in [-0.05, 0) is 31.9 Å². The highest BCUT2D eigenvalue weighted by Crippen LogP contribution is 2.28. The fourth-order valence-corrected chi connectivity index (χ4v) is 2.13. The van der Waals surface area contributed by atoms with Crippen LogP contribution in [0.1, 0.15) is 25.5 Å². The summed E-state index contributed by atoms with van der Waals surface area (Å²) < 4.78 is 5.18. The van der Waals surface area contributed by atoms with E-state index in [1.165, 1.54) is 12.8 Å². The van der Waals surface area contributed by atoms with Crippen molar-refractivity contribution in [2.45, 2.75) is 38.4 Å². The van der Waals surface area contributed by atoms with E-state index in [-0.39, 0.29) is 11.9 Å². The molecule has 1 aromatic heterocycles. The monoisotopic (exact) mass is 251 g/mol. The number of carbonyl (C=O) groups is 1. The Hall–Kier alpha value is -1.33. The van der Waals surface area contributed by atoms with Gasteiger partial charge in [0.25, 0.3) is 0 Å². The molecule has 1 atom stereocenters. The summed E-state index contributed by atoms with van der Waals surface area (Å²) in [4.78, 5) is 14.2. The van der Waals surface area contributed by atoms with Gasteiger partial charge < -0.3 is 15.5 Å². The predicted octanol–water partition coefficient (Wildman–Crippen LogP) is 0.707. The van der Waals surface area contributed by atoms with E-state index in [1.54, 1.807) is 6.26 Å². The van der Waals surface area contributed by atoms with Gasteiger partial charge in [-0.2, -0.15) is 0 Å². The number of amides is 1. The van der Waals surface area contributed by atoms with Crippen LogP contribution in [0.2, 0.25) is 0 Å². The van der Waals surface area contributed by atoms with Gasteiger partial charge in [0.1, 0.15) is 5.76 Å². The second-order valence-corrected chi connectivity index (χ2v) is 4.73. The van der Waals surface area contributed by atoms with Crippen molar-refractivity contribution in [3.63, 3.8) is 0 Å². The van der Waals surface area contributed by atoms with Crippen molar-refractivity contribution < 1.29 is 9.21 Å². The van der Waals surface area contributed by atoms with Gasteiger partial charge in [-0.25, -0.2) is 0 Å². The number of nitrogens with zero attached hydrogens (tertiary/aromatic N) is 1. The summed E-state index contributed by atoms with van der Waals surface area (Å²) in [5.41, 5.74) is 5.60. The van der Waals surface area contributed by atoms with E-state index in [2.05, 4.69) is 10.2 Å². The Kier molecular flexibility index (Phi) is 4.38. The summed E-state index contributed by atoms with van der Waals surface area (Å²) in [6.45, 7) is 3.75. The highest BCUT2D eigenvalue weighted by Gasteiger charge is 2.34. The van der Waals surface area contributed by atoms with E-state index in [0.29, 0.717) is 19.1 Å². The van der Waals surface area contributed by atoms with Gasteiger partial charge in [0, 0.05) is 19.1 Å². The van der Waals surface area contributed by atoms with Crippen molar-refractivity contribution in [3.05, 3.63) is 24.2 Å². The summed E-state index contributed by atoms with van der Waals surface area (Å²) in [5, 5.41) is 2.89. The van der Waals surface area contributed by atoms with E-state index in [1.807, 2.05) is 19.1 Å². The number of nitrogens with two attached hydrogens (primary N) is 1. The van der Waals surface area contributed by atoms with Gasteiger partial charge in [0.05, 0.1) is 18.8 Å². The zero-order chi connectivity index (χ0) is 13.0. The van der Waals surface area contributed by atoms with E-state index in [4.69, 9.17) is 10.2 Å². The summed E-state index contributed by atoms with van der Waals surface area (Å²) in [7, 11) is 0. The highest BCUT2D eigenvalue weighted by atomic mass is 16.3. The molecule has 18 heavy (non-hydrogen) atoms. The first-order valence-corrected chi connectivity index (χ1v) is 6.48. The van der Waals surface area contributed by atoms with Gasteiger partial charge in [-0.3, -0.25) is 9.69 Å². The molecule has 2 rings (SSSR count). The Morgan fingerprint density at radius 2 is 2.44 bits per heavy atom. The molecule has 0 spiro atoms. The topological polar surface area (TPSA) is 71.5 Å². The molecule has 0 aliphatic heterocycles. The van der Waals surface area contributed by atoms with Crippen LogP contribution in [0.5, 0.6) is 0 Å². The van der Waals surface area contributed by atoms with Crippen LogP contribution in [0.4, 0.5) is 0 Å². The van der Waals surface area contributed by atoms with Crippen LogP contribution < -0.4 is 11.1 Å². The van der Waals surface area contributed by atoms with Crippen molar-refractivity contribution in [1.82, 2.24) is 10.2 Å². The molecular formula is C13H21N3O2. The first kappa shape index (κ1) is 13.1. The zero-order valence-corrected chi connectivity index (χ0v) is 10.8. The zero-order valence-electron chi connectivity index (χ0n) is 10.8. The third kappa shape index (κ3) is 3.34. The van der Waals surface area contributed by atoms with Gasteiger partial charge >= 0.3 is 0 Å². The van der Waals surface area contributed by atoms with E-state index >= 15 is 0 Å².